The van der Waals surface area contributed by atoms with Gasteiger partial charge in [0, 0.05) is 36.3 Å². The Morgan fingerprint density at radius 1 is 1.26 bits per heavy atom. The van der Waals surface area contributed by atoms with Crippen LogP contribution < -0.4 is 10.1 Å². The maximum absolute atomic E-state index is 5.95. The van der Waals surface area contributed by atoms with Crippen LogP contribution in [0.4, 0.5) is 5.95 Å². The Hall–Kier alpha value is -2.74. The quantitative estimate of drug-likeness (QED) is 0.644. The zero-order valence-corrected chi connectivity index (χ0v) is 18.4. The van der Waals surface area contributed by atoms with Gasteiger partial charge in [-0.05, 0) is 52.2 Å². The highest BCUT2D eigenvalue weighted by molar-refractivity contribution is 5.38. The van der Waals surface area contributed by atoms with Gasteiger partial charge in [0.15, 0.2) is 5.65 Å². The minimum atomic E-state index is -0.0331. The molecule has 0 amide bonds. The summed E-state index contributed by atoms with van der Waals surface area (Å²) in [6.45, 7) is 6.69. The van der Waals surface area contributed by atoms with Crippen LogP contribution in [0.2, 0.25) is 0 Å². The van der Waals surface area contributed by atoms with E-state index in [1.807, 2.05) is 37.5 Å². The average Bonchev–Trinajstić information content (AvgIpc) is 3.17. The van der Waals surface area contributed by atoms with Gasteiger partial charge in [0.2, 0.25) is 11.8 Å². The number of anilines is 1. The third-order valence-corrected chi connectivity index (χ3v) is 6.25. The van der Waals surface area contributed by atoms with Gasteiger partial charge in [0.05, 0.1) is 11.7 Å². The molecule has 1 N–H and O–H groups in total. The number of ether oxygens (including phenoxy) is 2. The maximum Gasteiger partial charge on any atom is 0.226 e. The first-order chi connectivity index (χ1) is 15.0. The molecule has 8 heteroatoms. The first-order valence-electron chi connectivity index (χ1n) is 11.2. The molecule has 2 aliphatic rings. The van der Waals surface area contributed by atoms with Crippen LogP contribution in [0, 0.1) is 6.92 Å². The summed E-state index contributed by atoms with van der Waals surface area (Å²) in [6, 6.07) is 6.30. The predicted octanol–water partition coefficient (Wildman–Crippen LogP) is 3.91. The van der Waals surface area contributed by atoms with Crippen molar-refractivity contribution in [3.8, 4) is 5.88 Å². The molecule has 0 bridgehead atoms. The number of nitrogens with zero attached hydrogens (tertiary/aromatic N) is 5. The van der Waals surface area contributed by atoms with E-state index in [2.05, 4.69) is 43.7 Å². The molecule has 5 rings (SSSR count). The number of aryl methyl sites for hydroxylation is 1. The summed E-state index contributed by atoms with van der Waals surface area (Å²) in [7, 11) is 0. The van der Waals surface area contributed by atoms with Gasteiger partial charge in [-0.15, -0.1) is 10.2 Å². The summed E-state index contributed by atoms with van der Waals surface area (Å²) >= 11 is 0. The molecule has 1 aliphatic carbocycles. The molecule has 0 unspecified atom stereocenters. The zero-order chi connectivity index (χ0) is 21.4. The fraction of sp³-hybridized carbons (Fsp3) is 0.565. The Labute approximate surface area is 182 Å². The van der Waals surface area contributed by atoms with E-state index in [9.17, 15) is 0 Å². The van der Waals surface area contributed by atoms with Gasteiger partial charge < -0.3 is 14.8 Å². The van der Waals surface area contributed by atoms with Crippen LogP contribution in [0.25, 0.3) is 5.65 Å². The summed E-state index contributed by atoms with van der Waals surface area (Å²) in [5.41, 5.74) is 1.80. The fourth-order valence-corrected chi connectivity index (χ4v) is 4.77. The Balaban J connectivity index is 1.23. The number of nitrogens with one attached hydrogen (secondary N) is 1. The summed E-state index contributed by atoms with van der Waals surface area (Å²) in [5.74, 6) is 2.65. The molecule has 3 aromatic heterocycles. The second kappa shape index (κ2) is 8.07. The van der Waals surface area contributed by atoms with Crippen LogP contribution in [-0.2, 0) is 4.74 Å². The minimum Gasteiger partial charge on any atom is -0.475 e. The second-order valence-electron chi connectivity index (χ2n) is 9.39. The fourth-order valence-electron chi connectivity index (χ4n) is 4.77. The lowest BCUT2D eigenvalue weighted by Gasteiger charge is -2.42. The molecule has 164 valence electrons. The lowest BCUT2D eigenvalue weighted by Crippen LogP contribution is -2.48. The van der Waals surface area contributed by atoms with Crippen LogP contribution in [0.15, 0.2) is 30.6 Å². The Kier molecular flexibility index (Phi) is 5.25. The van der Waals surface area contributed by atoms with E-state index >= 15 is 0 Å². The summed E-state index contributed by atoms with van der Waals surface area (Å²) < 4.78 is 13.9. The first kappa shape index (κ1) is 20.2. The van der Waals surface area contributed by atoms with Gasteiger partial charge in [0.25, 0.3) is 0 Å². The van der Waals surface area contributed by atoms with Crippen molar-refractivity contribution in [2.45, 2.75) is 76.5 Å². The van der Waals surface area contributed by atoms with Crippen molar-refractivity contribution >= 4 is 11.6 Å². The molecule has 0 aromatic carbocycles. The van der Waals surface area contributed by atoms with E-state index in [1.165, 1.54) is 0 Å². The largest absolute Gasteiger partial charge is 0.475 e. The minimum absolute atomic E-state index is 0.0331. The third-order valence-electron chi connectivity index (χ3n) is 6.25. The maximum atomic E-state index is 5.95. The molecule has 0 spiro atoms. The van der Waals surface area contributed by atoms with E-state index in [0.29, 0.717) is 30.4 Å². The van der Waals surface area contributed by atoms with E-state index in [1.54, 1.807) is 0 Å². The highest BCUT2D eigenvalue weighted by Gasteiger charge is 2.37. The van der Waals surface area contributed by atoms with E-state index in [4.69, 9.17) is 9.47 Å². The van der Waals surface area contributed by atoms with E-state index < -0.39 is 0 Å². The summed E-state index contributed by atoms with van der Waals surface area (Å²) in [5, 5.41) is 12.3. The van der Waals surface area contributed by atoms with Gasteiger partial charge in [-0.25, -0.2) is 4.98 Å². The highest BCUT2D eigenvalue weighted by Crippen LogP contribution is 2.34. The SMILES string of the molecule is Cc1cnc(N[C@@H]2CCC[C@H](c3nnc4ccccn34)C2)nc1OC[C@H]1CC(C)(C)O1. The number of aromatic nitrogens is 5. The lowest BCUT2D eigenvalue weighted by atomic mass is 9.85. The van der Waals surface area contributed by atoms with Crippen LogP contribution in [0.1, 0.15) is 63.3 Å². The zero-order valence-electron chi connectivity index (χ0n) is 18.4. The van der Waals surface area contributed by atoms with E-state index in [0.717, 1.165) is 49.1 Å². The van der Waals surface area contributed by atoms with Gasteiger partial charge in [-0.2, -0.15) is 4.98 Å². The molecule has 3 aromatic rings. The van der Waals surface area contributed by atoms with Gasteiger partial charge in [-0.1, -0.05) is 12.5 Å². The molecule has 4 heterocycles. The molecule has 1 saturated heterocycles. The van der Waals surface area contributed by atoms with Gasteiger partial charge >= 0.3 is 0 Å². The van der Waals surface area contributed by atoms with Gasteiger partial charge in [0.1, 0.15) is 12.4 Å². The van der Waals surface area contributed by atoms with Crippen molar-refractivity contribution in [2.24, 2.45) is 0 Å². The first-order valence-corrected chi connectivity index (χ1v) is 11.2. The molecular weight excluding hydrogens is 392 g/mol. The van der Waals surface area contributed by atoms with Crippen LogP contribution in [0.3, 0.4) is 0 Å². The van der Waals surface area contributed by atoms with Crippen molar-refractivity contribution < 1.29 is 9.47 Å². The lowest BCUT2D eigenvalue weighted by molar-refractivity contribution is -0.194. The molecule has 1 aliphatic heterocycles. The van der Waals surface area contributed by atoms with Crippen molar-refractivity contribution in [2.75, 3.05) is 11.9 Å². The van der Waals surface area contributed by atoms with Gasteiger partial charge in [-0.3, -0.25) is 4.40 Å². The number of fused-ring (bicyclic) bond motifs is 1. The normalized spacial score (nSPS) is 25.2. The van der Waals surface area contributed by atoms with Crippen molar-refractivity contribution in [1.29, 1.82) is 0 Å². The number of pyridine rings is 1. The Morgan fingerprint density at radius 3 is 2.97 bits per heavy atom. The summed E-state index contributed by atoms with van der Waals surface area (Å²) in [6.07, 6.45) is 9.33. The van der Waals surface area contributed by atoms with Crippen molar-refractivity contribution in [3.05, 3.63) is 42.0 Å². The molecule has 31 heavy (non-hydrogen) atoms. The average molecular weight is 423 g/mol. The molecule has 1 saturated carbocycles. The standard InChI is InChI=1S/C23H30N6O2/c1-15-13-24-22(26-21(15)30-14-18-12-23(2,3)31-18)25-17-8-6-7-16(11-17)20-28-27-19-9-4-5-10-29(19)20/h4-5,9-10,13,16-18H,6-8,11-12,14H2,1-3H3,(H,24,25,26)/t16-,17+,18+/m0/s1. The molecule has 2 fully saturated rings. The number of rotatable bonds is 6. The predicted molar refractivity (Wildman–Crippen MR) is 117 cm³/mol. The van der Waals surface area contributed by atoms with Crippen LogP contribution in [0.5, 0.6) is 5.88 Å². The second-order valence-corrected chi connectivity index (χ2v) is 9.39. The Morgan fingerprint density at radius 2 is 2.13 bits per heavy atom. The number of hydrogen-bond acceptors (Lipinski definition) is 7. The monoisotopic (exact) mass is 422 g/mol. The van der Waals surface area contributed by atoms with Crippen molar-refractivity contribution in [1.82, 2.24) is 24.6 Å². The topological polar surface area (TPSA) is 86.5 Å². The van der Waals surface area contributed by atoms with Crippen LogP contribution >= 0.6 is 0 Å². The van der Waals surface area contributed by atoms with Crippen LogP contribution in [-0.4, -0.2) is 48.9 Å². The summed E-state index contributed by atoms with van der Waals surface area (Å²) in [4.78, 5) is 9.13. The molecular formula is C23H30N6O2. The molecule has 8 nitrogen and oxygen atoms in total. The van der Waals surface area contributed by atoms with E-state index in [-0.39, 0.29) is 11.7 Å². The Bertz CT molecular complexity index is 1060. The molecule has 0 radical (unpaired) electrons. The van der Waals surface area contributed by atoms with Crippen molar-refractivity contribution in [3.63, 3.8) is 0 Å². The smallest absolute Gasteiger partial charge is 0.226 e. The third kappa shape index (κ3) is 4.35. The number of hydrogen-bond donors (Lipinski definition) is 1. The highest BCUT2D eigenvalue weighted by atomic mass is 16.6. The molecule has 3 atom stereocenters.